The second-order valence-corrected chi connectivity index (χ2v) is 8.37. The number of nitrogens with one attached hydrogen (secondary N) is 1. The molecule has 0 atom stereocenters. The number of halogens is 6. The van der Waals surface area contributed by atoms with E-state index in [4.69, 9.17) is 4.52 Å². The molecular formula is C22H18F6N3NaO. The number of aromatic amines is 1. The van der Waals surface area contributed by atoms with Crippen molar-refractivity contribution >= 4 is 11.0 Å². The summed E-state index contributed by atoms with van der Waals surface area (Å²) in [5.41, 5.74) is -3.07. The molecule has 170 valence electrons. The molecule has 0 aliphatic rings. The molecule has 2 heterocycles. The monoisotopic (exact) mass is 477 g/mol. The first-order valence-corrected chi connectivity index (χ1v) is 9.50. The molecule has 2 aromatic carbocycles. The summed E-state index contributed by atoms with van der Waals surface area (Å²) in [5, 5.41) is 3.93. The molecule has 0 spiro atoms. The first-order valence-electron chi connectivity index (χ1n) is 9.50. The summed E-state index contributed by atoms with van der Waals surface area (Å²) in [7, 11) is 0. The largest absolute Gasteiger partial charge is 1.00 e. The Morgan fingerprint density at radius 1 is 0.879 bits per heavy atom. The van der Waals surface area contributed by atoms with Gasteiger partial charge in [-0.15, -0.1) is 0 Å². The van der Waals surface area contributed by atoms with Gasteiger partial charge in [0.2, 0.25) is 5.76 Å². The van der Waals surface area contributed by atoms with Crippen molar-refractivity contribution in [2.45, 2.75) is 38.5 Å². The van der Waals surface area contributed by atoms with Gasteiger partial charge in [0.1, 0.15) is 5.52 Å². The third-order valence-electron chi connectivity index (χ3n) is 4.95. The molecular weight excluding hydrogens is 459 g/mol. The van der Waals surface area contributed by atoms with E-state index in [1.807, 2.05) is 20.8 Å². The second-order valence-electron chi connectivity index (χ2n) is 8.37. The SMILES string of the molecule is CC(C)(C)c1cc(-c2nc3c(C(F)(F)F)cc(-c4ccccc4C(F)(F)F)cc3[nH]2)on1.[H-].[Na+]. The van der Waals surface area contributed by atoms with Gasteiger partial charge in [-0.3, -0.25) is 0 Å². The van der Waals surface area contributed by atoms with Crippen LogP contribution >= 0.6 is 0 Å². The summed E-state index contributed by atoms with van der Waals surface area (Å²) in [4.78, 5) is 6.75. The van der Waals surface area contributed by atoms with Crippen molar-refractivity contribution in [1.82, 2.24) is 15.1 Å². The zero-order valence-corrected chi connectivity index (χ0v) is 20.1. The maximum absolute atomic E-state index is 13.8. The van der Waals surface area contributed by atoms with Gasteiger partial charge in [-0.1, -0.05) is 44.1 Å². The topological polar surface area (TPSA) is 54.7 Å². The molecule has 2 aromatic heterocycles. The quantitative estimate of drug-likeness (QED) is 0.345. The van der Waals surface area contributed by atoms with Crippen molar-refractivity contribution in [3.8, 4) is 22.7 Å². The molecule has 0 saturated heterocycles. The summed E-state index contributed by atoms with van der Waals surface area (Å²) < 4.78 is 87.0. The predicted octanol–water partition coefficient (Wildman–Crippen LogP) is 4.34. The molecule has 4 rings (SSSR count). The summed E-state index contributed by atoms with van der Waals surface area (Å²) in [5.74, 6) is 0.117. The van der Waals surface area contributed by atoms with E-state index in [0.717, 1.165) is 12.1 Å². The molecule has 0 unspecified atom stereocenters. The van der Waals surface area contributed by atoms with E-state index < -0.39 is 29.0 Å². The molecule has 0 aliphatic heterocycles. The van der Waals surface area contributed by atoms with Crippen LogP contribution in [0.1, 0.15) is 39.0 Å². The number of imidazole rings is 1. The van der Waals surface area contributed by atoms with Gasteiger partial charge in [0.05, 0.1) is 22.3 Å². The standard InChI is InChI=1S/C22H17F6N3O.Na.H/c1-20(2,3)17-10-16(32-31-17)19-29-15-9-11(8-14(18(15)30-19)22(26,27)28)12-6-4-5-7-13(12)21(23,24)25;;/h4-10H,1-3H3,(H,29,30);;/q;+1;-1. The van der Waals surface area contributed by atoms with Crippen LogP contribution in [-0.4, -0.2) is 15.1 Å². The Morgan fingerprint density at radius 3 is 2.09 bits per heavy atom. The van der Waals surface area contributed by atoms with E-state index in [-0.39, 0.29) is 64.6 Å². The molecule has 33 heavy (non-hydrogen) atoms. The summed E-state index contributed by atoms with van der Waals surface area (Å²) in [6, 6.07) is 7.93. The molecule has 0 bridgehead atoms. The molecule has 0 aliphatic carbocycles. The zero-order chi connectivity index (χ0) is 23.5. The Kier molecular flexibility index (Phi) is 6.51. The number of hydrogen-bond donors (Lipinski definition) is 1. The van der Waals surface area contributed by atoms with Crippen LogP contribution in [-0.2, 0) is 17.8 Å². The van der Waals surface area contributed by atoms with Crippen LogP contribution in [0.25, 0.3) is 33.7 Å². The third kappa shape index (κ3) is 4.97. The fourth-order valence-corrected chi connectivity index (χ4v) is 3.33. The minimum absolute atomic E-state index is 0. The third-order valence-corrected chi connectivity index (χ3v) is 4.95. The first-order chi connectivity index (χ1) is 14.7. The van der Waals surface area contributed by atoms with Crippen LogP contribution in [0.3, 0.4) is 0 Å². The van der Waals surface area contributed by atoms with Crippen molar-refractivity contribution in [2.75, 3.05) is 0 Å². The fraction of sp³-hybridized carbons (Fsp3) is 0.273. The van der Waals surface area contributed by atoms with Crippen LogP contribution in [0.5, 0.6) is 0 Å². The smallest absolute Gasteiger partial charge is 1.00 e. The zero-order valence-electron chi connectivity index (χ0n) is 19.1. The van der Waals surface area contributed by atoms with Crippen molar-refractivity contribution < 1.29 is 61.8 Å². The van der Waals surface area contributed by atoms with Gasteiger partial charge in [0.25, 0.3) is 0 Å². The van der Waals surface area contributed by atoms with E-state index in [1.54, 1.807) is 6.07 Å². The predicted molar refractivity (Wildman–Crippen MR) is 107 cm³/mol. The maximum atomic E-state index is 13.8. The van der Waals surface area contributed by atoms with Crippen molar-refractivity contribution in [3.63, 3.8) is 0 Å². The average Bonchev–Trinajstić information content (AvgIpc) is 3.32. The number of rotatable bonds is 2. The van der Waals surface area contributed by atoms with Gasteiger partial charge in [0, 0.05) is 11.5 Å². The Labute approximate surface area is 208 Å². The fourth-order valence-electron chi connectivity index (χ4n) is 3.33. The average molecular weight is 477 g/mol. The Balaban J connectivity index is 0.00000204. The van der Waals surface area contributed by atoms with Gasteiger partial charge < -0.3 is 10.9 Å². The number of fused-ring (bicyclic) bond motifs is 1. The molecule has 11 heteroatoms. The number of hydrogen-bond acceptors (Lipinski definition) is 3. The number of aromatic nitrogens is 3. The minimum atomic E-state index is -4.84. The number of benzene rings is 2. The summed E-state index contributed by atoms with van der Waals surface area (Å²) >= 11 is 0. The van der Waals surface area contributed by atoms with Crippen molar-refractivity contribution in [2.24, 2.45) is 0 Å². The van der Waals surface area contributed by atoms with Gasteiger partial charge >= 0.3 is 41.9 Å². The number of alkyl halides is 6. The molecule has 0 saturated carbocycles. The first kappa shape index (κ1) is 25.3. The van der Waals surface area contributed by atoms with Crippen LogP contribution in [0.15, 0.2) is 47.0 Å². The van der Waals surface area contributed by atoms with Gasteiger partial charge in [-0.2, -0.15) is 26.3 Å². The Hall–Kier alpha value is -2.30. The maximum Gasteiger partial charge on any atom is 1.00 e. The number of nitrogens with zero attached hydrogens (tertiary/aromatic N) is 2. The van der Waals surface area contributed by atoms with E-state index in [1.165, 1.54) is 18.2 Å². The normalized spacial score (nSPS) is 12.8. The number of H-pyrrole nitrogens is 1. The molecule has 0 fully saturated rings. The molecule has 1 N–H and O–H groups in total. The van der Waals surface area contributed by atoms with Gasteiger partial charge in [0.15, 0.2) is 5.82 Å². The van der Waals surface area contributed by atoms with Crippen LogP contribution in [0, 0.1) is 0 Å². The summed E-state index contributed by atoms with van der Waals surface area (Å²) in [6.07, 6.45) is -9.57. The second kappa shape index (κ2) is 8.48. The minimum Gasteiger partial charge on any atom is -1.00 e. The van der Waals surface area contributed by atoms with Crippen LogP contribution < -0.4 is 29.6 Å². The Morgan fingerprint density at radius 2 is 1.52 bits per heavy atom. The molecule has 0 radical (unpaired) electrons. The van der Waals surface area contributed by atoms with Crippen molar-refractivity contribution in [3.05, 3.63) is 59.3 Å². The van der Waals surface area contributed by atoms with E-state index >= 15 is 0 Å². The van der Waals surface area contributed by atoms with Gasteiger partial charge in [-0.25, -0.2) is 4.98 Å². The van der Waals surface area contributed by atoms with Gasteiger partial charge in [-0.05, 0) is 29.3 Å². The molecule has 4 nitrogen and oxygen atoms in total. The van der Waals surface area contributed by atoms with E-state index in [0.29, 0.717) is 11.8 Å². The van der Waals surface area contributed by atoms with E-state index in [9.17, 15) is 26.3 Å². The van der Waals surface area contributed by atoms with Crippen LogP contribution in [0.2, 0.25) is 0 Å². The van der Waals surface area contributed by atoms with E-state index in [2.05, 4.69) is 15.1 Å². The Bertz CT molecular complexity index is 1300. The molecule has 0 amide bonds. The summed E-state index contributed by atoms with van der Waals surface area (Å²) in [6.45, 7) is 5.66. The van der Waals surface area contributed by atoms with Crippen LogP contribution in [0.4, 0.5) is 26.3 Å². The van der Waals surface area contributed by atoms with Crippen molar-refractivity contribution in [1.29, 1.82) is 0 Å². The molecule has 4 aromatic rings.